The zero-order valence-electron chi connectivity index (χ0n) is 11.1. The number of hydrogen-bond acceptors (Lipinski definition) is 4. The quantitative estimate of drug-likeness (QED) is 0.922. The Balaban J connectivity index is 2.08. The van der Waals surface area contributed by atoms with Gasteiger partial charge in [0.05, 0.1) is 11.3 Å². The lowest BCUT2D eigenvalue weighted by atomic mass is 10.1. The van der Waals surface area contributed by atoms with Gasteiger partial charge in [0.25, 0.3) is 5.91 Å². The van der Waals surface area contributed by atoms with Crippen molar-refractivity contribution in [3.05, 3.63) is 42.1 Å². The number of rotatable bonds is 3. The van der Waals surface area contributed by atoms with Gasteiger partial charge in [-0.2, -0.15) is 0 Å². The summed E-state index contributed by atoms with van der Waals surface area (Å²) in [4.78, 5) is 22.7. The Kier molecular flexibility index (Phi) is 3.33. The van der Waals surface area contributed by atoms with E-state index in [0.29, 0.717) is 17.0 Å². The summed E-state index contributed by atoms with van der Waals surface area (Å²) in [5.74, 6) is 0.402. The predicted molar refractivity (Wildman–Crippen MR) is 77.4 cm³/mol. The van der Waals surface area contributed by atoms with Crippen LogP contribution in [0.3, 0.4) is 0 Å². The number of pyridine rings is 2. The van der Waals surface area contributed by atoms with E-state index in [1.165, 1.54) is 12.8 Å². The smallest absolute Gasteiger partial charge is 0.250 e. The van der Waals surface area contributed by atoms with Gasteiger partial charge >= 0.3 is 0 Å². The molecule has 102 valence electrons. The van der Waals surface area contributed by atoms with Gasteiger partial charge in [0.1, 0.15) is 11.5 Å². The molecule has 0 spiro atoms. The Morgan fingerprint density at radius 2 is 1.95 bits per heavy atom. The van der Waals surface area contributed by atoms with E-state index >= 15 is 0 Å². The van der Waals surface area contributed by atoms with Crippen LogP contribution in [0, 0.1) is 0 Å². The maximum atomic E-state index is 11.6. The Hall–Kier alpha value is -2.43. The maximum Gasteiger partial charge on any atom is 0.250 e. The highest BCUT2D eigenvalue weighted by atomic mass is 16.1. The SMILES string of the molecule is NC(=O)c1ccc(N2CCCC2)nc1-c1ccccn1. The first-order chi connectivity index (χ1) is 9.75. The van der Waals surface area contributed by atoms with Gasteiger partial charge in [-0.15, -0.1) is 0 Å². The lowest BCUT2D eigenvalue weighted by Gasteiger charge is -2.18. The molecule has 0 saturated carbocycles. The molecule has 0 bridgehead atoms. The molecule has 3 heterocycles. The molecule has 0 aliphatic carbocycles. The third-order valence-electron chi connectivity index (χ3n) is 3.48. The monoisotopic (exact) mass is 268 g/mol. The van der Waals surface area contributed by atoms with Crippen molar-refractivity contribution in [2.75, 3.05) is 18.0 Å². The van der Waals surface area contributed by atoms with E-state index in [-0.39, 0.29) is 0 Å². The average Bonchev–Trinajstić information content (AvgIpc) is 3.02. The highest BCUT2D eigenvalue weighted by Crippen LogP contribution is 2.25. The number of anilines is 1. The van der Waals surface area contributed by atoms with E-state index in [9.17, 15) is 4.79 Å². The lowest BCUT2D eigenvalue weighted by molar-refractivity contribution is 0.100. The van der Waals surface area contributed by atoms with Gasteiger partial charge in [-0.1, -0.05) is 6.07 Å². The van der Waals surface area contributed by atoms with E-state index in [4.69, 9.17) is 5.73 Å². The van der Waals surface area contributed by atoms with Crippen LogP contribution in [0.4, 0.5) is 5.82 Å². The van der Waals surface area contributed by atoms with Crippen LogP contribution in [0.15, 0.2) is 36.5 Å². The number of carbonyl (C=O) groups is 1. The molecular formula is C15H16N4O. The Labute approximate surface area is 117 Å². The molecule has 0 unspecified atom stereocenters. The minimum absolute atomic E-state index is 0.409. The van der Waals surface area contributed by atoms with E-state index in [1.54, 1.807) is 12.3 Å². The largest absolute Gasteiger partial charge is 0.366 e. The number of nitrogens with two attached hydrogens (primary N) is 1. The summed E-state index contributed by atoms with van der Waals surface area (Å²) in [5.41, 5.74) is 7.07. The third-order valence-corrected chi connectivity index (χ3v) is 3.48. The van der Waals surface area contributed by atoms with E-state index in [1.807, 2.05) is 24.3 Å². The van der Waals surface area contributed by atoms with Crippen LogP contribution >= 0.6 is 0 Å². The number of carbonyl (C=O) groups excluding carboxylic acids is 1. The van der Waals surface area contributed by atoms with Crippen molar-refractivity contribution in [2.45, 2.75) is 12.8 Å². The van der Waals surface area contributed by atoms with Crippen molar-refractivity contribution in [3.8, 4) is 11.4 Å². The van der Waals surface area contributed by atoms with Crippen LogP contribution < -0.4 is 10.6 Å². The Morgan fingerprint density at radius 3 is 2.60 bits per heavy atom. The number of nitrogens with zero attached hydrogens (tertiary/aromatic N) is 3. The van der Waals surface area contributed by atoms with Crippen molar-refractivity contribution >= 4 is 11.7 Å². The first-order valence-electron chi connectivity index (χ1n) is 6.73. The summed E-state index contributed by atoms with van der Waals surface area (Å²) in [6.45, 7) is 2.01. The molecule has 0 atom stereocenters. The highest BCUT2D eigenvalue weighted by molar-refractivity contribution is 5.98. The zero-order valence-corrected chi connectivity index (χ0v) is 11.1. The molecule has 1 aliphatic heterocycles. The highest BCUT2D eigenvalue weighted by Gasteiger charge is 2.18. The molecular weight excluding hydrogens is 252 g/mol. The molecule has 1 aliphatic rings. The van der Waals surface area contributed by atoms with Gasteiger partial charge < -0.3 is 10.6 Å². The van der Waals surface area contributed by atoms with Crippen LogP contribution in [0.1, 0.15) is 23.2 Å². The van der Waals surface area contributed by atoms with Crippen LogP contribution in [-0.4, -0.2) is 29.0 Å². The first-order valence-corrected chi connectivity index (χ1v) is 6.73. The van der Waals surface area contributed by atoms with Crippen LogP contribution in [0.5, 0.6) is 0 Å². The standard InChI is InChI=1S/C15H16N4O/c16-15(20)11-6-7-13(19-9-3-4-10-19)18-14(11)12-5-1-2-8-17-12/h1-2,5-8H,3-4,9-10H2,(H2,16,20). The summed E-state index contributed by atoms with van der Waals surface area (Å²) >= 11 is 0. The fourth-order valence-corrected chi connectivity index (χ4v) is 2.47. The van der Waals surface area contributed by atoms with E-state index in [0.717, 1.165) is 18.9 Å². The second-order valence-corrected chi connectivity index (χ2v) is 4.84. The number of hydrogen-bond donors (Lipinski definition) is 1. The Morgan fingerprint density at radius 1 is 1.15 bits per heavy atom. The number of aromatic nitrogens is 2. The molecule has 2 aromatic rings. The molecule has 20 heavy (non-hydrogen) atoms. The lowest BCUT2D eigenvalue weighted by Crippen LogP contribution is -2.20. The maximum absolute atomic E-state index is 11.6. The predicted octanol–water partition coefficient (Wildman–Crippen LogP) is 1.84. The third kappa shape index (κ3) is 2.34. The molecule has 0 radical (unpaired) electrons. The summed E-state index contributed by atoms with van der Waals surface area (Å²) in [5, 5.41) is 0. The van der Waals surface area contributed by atoms with Gasteiger partial charge in [-0.05, 0) is 37.1 Å². The second kappa shape index (κ2) is 5.28. The molecule has 1 amide bonds. The molecule has 0 aromatic carbocycles. The van der Waals surface area contributed by atoms with Crippen LogP contribution in [-0.2, 0) is 0 Å². The van der Waals surface area contributed by atoms with Crippen LogP contribution in [0.25, 0.3) is 11.4 Å². The average molecular weight is 268 g/mol. The molecule has 1 saturated heterocycles. The minimum atomic E-state index is -0.480. The summed E-state index contributed by atoms with van der Waals surface area (Å²) in [6, 6.07) is 9.14. The van der Waals surface area contributed by atoms with Gasteiger partial charge in [0.15, 0.2) is 0 Å². The second-order valence-electron chi connectivity index (χ2n) is 4.84. The number of amides is 1. The minimum Gasteiger partial charge on any atom is -0.366 e. The van der Waals surface area contributed by atoms with E-state index in [2.05, 4.69) is 14.9 Å². The molecule has 1 fully saturated rings. The number of primary amides is 1. The summed E-state index contributed by atoms with van der Waals surface area (Å²) < 4.78 is 0. The summed E-state index contributed by atoms with van der Waals surface area (Å²) in [7, 11) is 0. The van der Waals surface area contributed by atoms with Crippen molar-refractivity contribution in [1.82, 2.24) is 9.97 Å². The van der Waals surface area contributed by atoms with Crippen LogP contribution in [0.2, 0.25) is 0 Å². The van der Waals surface area contributed by atoms with Gasteiger partial charge in [0, 0.05) is 19.3 Å². The molecule has 5 heteroatoms. The van der Waals surface area contributed by atoms with Gasteiger partial charge in [-0.3, -0.25) is 9.78 Å². The molecule has 2 N–H and O–H groups in total. The zero-order chi connectivity index (χ0) is 13.9. The van der Waals surface area contributed by atoms with Crippen molar-refractivity contribution in [3.63, 3.8) is 0 Å². The first kappa shape index (κ1) is 12.6. The van der Waals surface area contributed by atoms with Crippen molar-refractivity contribution in [2.24, 2.45) is 5.73 Å². The summed E-state index contributed by atoms with van der Waals surface area (Å²) in [6.07, 6.45) is 4.04. The van der Waals surface area contributed by atoms with Crippen molar-refractivity contribution < 1.29 is 4.79 Å². The molecule has 3 rings (SSSR count). The van der Waals surface area contributed by atoms with Gasteiger partial charge in [-0.25, -0.2) is 4.98 Å². The fraction of sp³-hybridized carbons (Fsp3) is 0.267. The Bertz CT molecular complexity index is 621. The van der Waals surface area contributed by atoms with Crippen molar-refractivity contribution in [1.29, 1.82) is 0 Å². The van der Waals surface area contributed by atoms with E-state index < -0.39 is 5.91 Å². The normalized spacial score (nSPS) is 14.5. The fourth-order valence-electron chi connectivity index (χ4n) is 2.47. The topological polar surface area (TPSA) is 72.1 Å². The molecule has 2 aromatic heterocycles. The van der Waals surface area contributed by atoms with Gasteiger partial charge in [0.2, 0.25) is 0 Å². The molecule has 5 nitrogen and oxygen atoms in total.